The summed E-state index contributed by atoms with van der Waals surface area (Å²) in [7, 11) is 0. The van der Waals surface area contributed by atoms with Crippen molar-refractivity contribution in [2.24, 2.45) is 11.3 Å². The van der Waals surface area contributed by atoms with Crippen molar-refractivity contribution in [3.05, 3.63) is 0 Å². The quantitative estimate of drug-likeness (QED) is 0.601. The summed E-state index contributed by atoms with van der Waals surface area (Å²) in [5, 5.41) is 9.65. The molecule has 0 spiro atoms. The summed E-state index contributed by atoms with van der Waals surface area (Å²) in [6.07, 6.45) is 1.45. The Morgan fingerprint density at radius 2 is 2.00 bits per heavy atom. The highest BCUT2D eigenvalue weighted by Gasteiger charge is 2.35. The van der Waals surface area contributed by atoms with Gasteiger partial charge in [0.1, 0.15) is 5.78 Å². The maximum absolute atomic E-state index is 11.0. The molecule has 1 saturated carbocycles. The van der Waals surface area contributed by atoms with Crippen molar-refractivity contribution in [3.8, 4) is 0 Å². The van der Waals surface area contributed by atoms with Crippen LogP contribution in [0.4, 0.5) is 0 Å². The third kappa shape index (κ3) is 2.07. The molecule has 1 N–H and O–H groups in total. The van der Waals surface area contributed by atoms with Gasteiger partial charge >= 0.3 is 0 Å². The molecule has 0 radical (unpaired) electrons. The van der Waals surface area contributed by atoms with Crippen LogP contribution in [0.1, 0.15) is 40.0 Å². The molecule has 0 unspecified atom stereocenters. The standard InChI is InChI=1S/C10H18O2/c1-10(2,3)8-5-4-7(11)6-9(8)12/h8-9,12H,4-6H2,1-3H3/t8-,9+/m1/s1. The summed E-state index contributed by atoms with van der Waals surface area (Å²) in [4.78, 5) is 11.0. The van der Waals surface area contributed by atoms with Crippen LogP contribution in [0.2, 0.25) is 0 Å². The molecule has 1 fully saturated rings. The highest BCUT2D eigenvalue weighted by atomic mass is 16.3. The first-order valence-corrected chi connectivity index (χ1v) is 4.61. The molecule has 0 amide bonds. The summed E-state index contributed by atoms with van der Waals surface area (Å²) in [5.41, 5.74) is 0.125. The van der Waals surface area contributed by atoms with E-state index in [2.05, 4.69) is 20.8 Å². The van der Waals surface area contributed by atoms with Crippen LogP contribution in [0.5, 0.6) is 0 Å². The molecular weight excluding hydrogens is 152 g/mol. The molecule has 0 aromatic rings. The lowest BCUT2D eigenvalue weighted by Gasteiger charge is -2.37. The zero-order valence-corrected chi connectivity index (χ0v) is 8.13. The first kappa shape index (κ1) is 9.72. The average molecular weight is 170 g/mol. The fraction of sp³-hybridized carbons (Fsp3) is 0.900. The molecule has 1 aliphatic rings. The molecule has 0 bridgehead atoms. The summed E-state index contributed by atoms with van der Waals surface area (Å²) in [6.45, 7) is 6.37. The molecule has 0 aromatic carbocycles. The van der Waals surface area contributed by atoms with E-state index in [1.54, 1.807) is 0 Å². The van der Waals surface area contributed by atoms with Crippen molar-refractivity contribution in [2.45, 2.75) is 46.1 Å². The predicted octanol–water partition coefficient (Wildman–Crippen LogP) is 1.76. The smallest absolute Gasteiger partial charge is 0.135 e. The van der Waals surface area contributed by atoms with Crippen LogP contribution in [-0.2, 0) is 4.79 Å². The van der Waals surface area contributed by atoms with E-state index in [0.29, 0.717) is 12.8 Å². The normalized spacial score (nSPS) is 32.2. The summed E-state index contributed by atoms with van der Waals surface area (Å²) in [6, 6.07) is 0. The molecule has 2 atom stereocenters. The van der Waals surface area contributed by atoms with Gasteiger partial charge in [-0.2, -0.15) is 0 Å². The number of hydrogen-bond donors (Lipinski definition) is 1. The Morgan fingerprint density at radius 3 is 2.42 bits per heavy atom. The van der Waals surface area contributed by atoms with E-state index in [4.69, 9.17) is 0 Å². The first-order chi connectivity index (χ1) is 5.41. The van der Waals surface area contributed by atoms with Crippen molar-refractivity contribution in [2.75, 3.05) is 0 Å². The van der Waals surface area contributed by atoms with Crippen molar-refractivity contribution >= 4 is 5.78 Å². The topological polar surface area (TPSA) is 37.3 Å². The SMILES string of the molecule is CC(C)(C)[C@@H]1CCC(=O)C[C@@H]1O. The molecule has 2 nitrogen and oxygen atoms in total. The third-order valence-corrected chi connectivity index (χ3v) is 2.75. The van der Waals surface area contributed by atoms with E-state index < -0.39 is 6.10 Å². The Hall–Kier alpha value is -0.370. The van der Waals surface area contributed by atoms with Crippen LogP contribution in [0.25, 0.3) is 0 Å². The Bertz CT molecular complexity index is 179. The summed E-state index contributed by atoms with van der Waals surface area (Å²) < 4.78 is 0. The molecule has 0 heterocycles. The van der Waals surface area contributed by atoms with Gasteiger partial charge in [-0.1, -0.05) is 20.8 Å². The first-order valence-electron chi connectivity index (χ1n) is 4.61. The van der Waals surface area contributed by atoms with E-state index >= 15 is 0 Å². The third-order valence-electron chi connectivity index (χ3n) is 2.75. The zero-order chi connectivity index (χ0) is 9.35. The maximum Gasteiger partial charge on any atom is 0.135 e. The van der Waals surface area contributed by atoms with Gasteiger partial charge in [-0.05, 0) is 17.8 Å². The fourth-order valence-electron chi connectivity index (χ4n) is 2.00. The van der Waals surface area contributed by atoms with Crippen LogP contribution in [-0.4, -0.2) is 17.0 Å². The largest absolute Gasteiger partial charge is 0.392 e. The molecule has 0 aromatic heterocycles. The second-order valence-corrected chi connectivity index (χ2v) is 4.82. The van der Waals surface area contributed by atoms with Gasteiger partial charge in [0, 0.05) is 12.8 Å². The fourth-order valence-corrected chi connectivity index (χ4v) is 2.00. The van der Waals surface area contributed by atoms with Gasteiger partial charge in [-0.25, -0.2) is 0 Å². The molecular formula is C10H18O2. The van der Waals surface area contributed by atoms with E-state index in [1.165, 1.54) is 0 Å². The van der Waals surface area contributed by atoms with Crippen molar-refractivity contribution in [1.29, 1.82) is 0 Å². The lowest BCUT2D eigenvalue weighted by atomic mass is 9.70. The molecule has 12 heavy (non-hydrogen) atoms. The van der Waals surface area contributed by atoms with Crippen LogP contribution in [0.15, 0.2) is 0 Å². The minimum absolute atomic E-state index is 0.125. The molecule has 0 saturated heterocycles. The monoisotopic (exact) mass is 170 g/mol. The van der Waals surface area contributed by atoms with Crippen LogP contribution >= 0.6 is 0 Å². The molecule has 0 aliphatic heterocycles. The molecule has 2 heteroatoms. The number of carbonyl (C=O) groups is 1. The number of ketones is 1. The summed E-state index contributed by atoms with van der Waals surface area (Å²) >= 11 is 0. The molecule has 1 aliphatic carbocycles. The van der Waals surface area contributed by atoms with Gasteiger partial charge in [-0.15, -0.1) is 0 Å². The molecule has 1 rings (SSSR count). The van der Waals surface area contributed by atoms with Gasteiger partial charge in [-0.3, -0.25) is 4.79 Å². The number of Topliss-reactive ketones (excluding diaryl/α,β-unsaturated/α-hetero) is 1. The van der Waals surface area contributed by atoms with Crippen molar-refractivity contribution in [1.82, 2.24) is 0 Å². The van der Waals surface area contributed by atoms with Gasteiger partial charge in [0.2, 0.25) is 0 Å². The number of carbonyl (C=O) groups excluding carboxylic acids is 1. The van der Waals surface area contributed by atoms with Crippen molar-refractivity contribution in [3.63, 3.8) is 0 Å². The Morgan fingerprint density at radius 1 is 1.42 bits per heavy atom. The minimum atomic E-state index is -0.411. The Balaban J connectivity index is 2.62. The van der Waals surface area contributed by atoms with Crippen LogP contribution in [0.3, 0.4) is 0 Å². The number of aliphatic hydroxyl groups excluding tert-OH is 1. The van der Waals surface area contributed by atoms with Crippen LogP contribution in [0, 0.1) is 11.3 Å². The van der Waals surface area contributed by atoms with E-state index in [1.807, 2.05) is 0 Å². The zero-order valence-electron chi connectivity index (χ0n) is 8.13. The van der Waals surface area contributed by atoms with Gasteiger partial charge in [0.15, 0.2) is 0 Å². The highest BCUT2D eigenvalue weighted by molar-refractivity contribution is 5.79. The van der Waals surface area contributed by atoms with Crippen LogP contribution < -0.4 is 0 Å². The predicted molar refractivity (Wildman–Crippen MR) is 47.8 cm³/mol. The number of rotatable bonds is 0. The van der Waals surface area contributed by atoms with Gasteiger partial charge in [0.05, 0.1) is 6.10 Å². The average Bonchev–Trinajstić information content (AvgIpc) is 1.83. The van der Waals surface area contributed by atoms with Crippen molar-refractivity contribution < 1.29 is 9.90 Å². The molecule has 70 valence electrons. The highest BCUT2D eigenvalue weighted by Crippen LogP contribution is 2.36. The van der Waals surface area contributed by atoms with E-state index in [9.17, 15) is 9.90 Å². The maximum atomic E-state index is 11.0. The summed E-state index contributed by atoms with van der Waals surface area (Å²) in [5.74, 6) is 0.498. The second kappa shape index (κ2) is 3.17. The Kier molecular flexibility index (Phi) is 2.57. The number of hydrogen-bond acceptors (Lipinski definition) is 2. The lowest BCUT2D eigenvalue weighted by Crippen LogP contribution is -2.37. The Labute approximate surface area is 74.0 Å². The van der Waals surface area contributed by atoms with Gasteiger partial charge in [0.25, 0.3) is 0 Å². The van der Waals surface area contributed by atoms with Gasteiger partial charge < -0.3 is 5.11 Å². The minimum Gasteiger partial charge on any atom is -0.392 e. The second-order valence-electron chi connectivity index (χ2n) is 4.82. The van der Waals surface area contributed by atoms with E-state index in [-0.39, 0.29) is 17.1 Å². The number of aliphatic hydroxyl groups is 1. The van der Waals surface area contributed by atoms with E-state index in [0.717, 1.165) is 6.42 Å². The lowest BCUT2D eigenvalue weighted by molar-refractivity contribution is -0.126.